The van der Waals surface area contributed by atoms with Crippen LogP contribution >= 0.6 is 0 Å². The van der Waals surface area contributed by atoms with Crippen molar-refractivity contribution in [3.8, 4) is 23.0 Å². The summed E-state index contributed by atoms with van der Waals surface area (Å²) in [5.74, 6) is 0.658. The Bertz CT molecular complexity index is 1140. The molecule has 194 valence electrons. The van der Waals surface area contributed by atoms with Crippen LogP contribution in [0.5, 0.6) is 11.5 Å². The molecule has 1 aromatic carbocycles. The van der Waals surface area contributed by atoms with Crippen molar-refractivity contribution >= 4 is 11.8 Å². The lowest BCUT2D eigenvalue weighted by Crippen LogP contribution is -2.44. The van der Waals surface area contributed by atoms with Crippen LogP contribution in [-0.4, -0.2) is 54.6 Å². The minimum Gasteiger partial charge on any atom is -0.489 e. The number of likely N-dealkylation sites (tertiary alicyclic amines) is 1. The molecular formula is C25H30F2N4O5. The number of oxazole rings is 1. The summed E-state index contributed by atoms with van der Waals surface area (Å²) in [6.07, 6.45) is 4.02. The number of ether oxygens (including phenoxy) is 2. The van der Waals surface area contributed by atoms with Gasteiger partial charge in [-0.3, -0.25) is 9.59 Å². The minimum atomic E-state index is -2.99. The molecule has 0 bridgehead atoms. The lowest BCUT2D eigenvalue weighted by molar-refractivity contribution is -0.119. The second kappa shape index (κ2) is 9.68. The van der Waals surface area contributed by atoms with E-state index in [9.17, 15) is 18.4 Å². The van der Waals surface area contributed by atoms with Crippen molar-refractivity contribution in [1.82, 2.24) is 15.2 Å². The Kier molecular flexibility index (Phi) is 6.59. The molecule has 2 aliphatic heterocycles. The quantitative estimate of drug-likeness (QED) is 0.565. The smallest absolute Gasteiger partial charge is 0.387 e. The van der Waals surface area contributed by atoms with Gasteiger partial charge in [0.25, 0.3) is 5.91 Å². The largest absolute Gasteiger partial charge is 0.489 e. The van der Waals surface area contributed by atoms with Crippen molar-refractivity contribution in [3.05, 3.63) is 29.7 Å². The number of aromatic nitrogens is 1. The Morgan fingerprint density at radius 2 is 2.06 bits per heavy atom. The third-order valence-corrected chi connectivity index (χ3v) is 7.16. The molecule has 1 atom stereocenters. The molecule has 3 N–H and O–H groups in total. The monoisotopic (exact) mass is 504 g/mol. The van der Waals surface area contributed by atoms with Crippen molar-refractivity contribution in [2.24, 2.45) is 17.1 Å². The van der Waals surface area contributed by atoms with Crippen LogP contribution in [0, 0.1) is 11.3 Å². The molecule has 0 unspecified atom stereocenters. The van der Waals surface area contributed by atoms with Crippen LogP contribution in [-0.2, 0) is 4.79 Å². The first-order valence-corrected chi connectivity index (χ1v) is 12.3. The van der Waals surface area contributed by atoms with Crippen LogP contribution in [0.25, 0.3) is 11.5 Å². The van der Waals surface area contributed by atoms with E-state index in [2.05, 4.69) is 15.0 Å². The van der Waals surface area contributed by atoms with Gasteiger partial charge < -0.3 is 29.8 Å². The van der Waals surface area contributed by atoms with E-state index < -0.39 is 12.7 Å². The van der Waals surface area contributed by atoms with Gasteiger partial charge in [0.05, 0.1) is 12.6 Å². The van der Waals surface area contributed by atoms with Gasteiger partial charge in [0.1, 0.15) is 0 Å². The number of carbonyl (C=O) groups excluding carboxylic acids is 2. The zero-order chi connectivity index (χ0) is 25.4. The van der Waals surface area contributed by atoms with Crippen LogP contribution in [0.3, 0.4) is 0 Å². The second-order valence-electron chi connectivity index (χ2n) is 10.1. The number of benzene rings is 1. The fourth-order valence-corrected chi connectivity index (χ4v) is 4.80. The van der Waals surface area contributed by atoms with Crippen molar-refractivity contribution < 1.29 is 32.3 Å². The number of nitrogens with zero attached hydrogens (tertiary/aromatic N) is 2. The maximum atomic E-state index is 13.4. The molecule has 3 aliphatic rings. The maximum absolute atomic E-state index is 13.4. The number of rotatable bonds is 8. The number of nitrogens with one attached hydrogen (secondary N) is 1. The lowest BCUT2D eigenvalue weighted by atomic mass is 9.77. The Labute approximate surface area is 207 Å². The molecule has 9 nitrogen and oxygen atoms in total. The van der Waals surface area contributed by atoms with E-state index in [1.807, 2.05) is 0 Å². The van der Waals surface area contributed by atoms with Crippen molar-refractivity contribution in [1.29, 1.82) is 0 Å². The van der Waals surface area contributed by atoms with Gasteiger partial charge in [-0.05, 0) is 62.1 Å². The number of hydrogen-bond donors (Lipinski definition) is 2. The zero-order valence-corrected chi connectivity index (χ0v) is 20.1. The van der Waals surface area contributed by atoms with Crippen LogP contribution in [0.2, 0.25) is 0 Å². The summed E-state index contributed by atoms with van der Waals surface area (Å²) in [7, 11) is 0. The third-order valence-electron chi connectivity index (χ3n) is 7.16. The van der Waals surface area contributed by atoms with Crippen LogP contribution in [0.1, 0.15) is 61.3 Å². The molecule has 36 heavy (non-hydrogen) atoms. The molecule has 1 aliphatic carbocycles. The number of piperidine rings is 1. The first-order valence-electron chi connectivity index (χ1n) is 12.3. The average Bonchev–Trinajstić information content (AvgIpc) is 3.45. The summed E-state index contributed by atoms with van der Waals surface area (Å²) in [5, 5.41) is 2.89. The summed E-state index contributed by atoms with van der Waals surface area (Å²) in [4.78, 5) is 31.3. The van der Waals surface area contributed by atoms with Gasteiger partial charge in [-0.2, -0.15) is 8.78 Å². The first kappa shape index (κ1) is 24.5. The van der Waals surface area contributed by atoms with E-state index in [-0.39, 0.29) is 46.1 Å². The molecule has 2 amide bonds. The Hall–Kier alpha value is -3.21. The number of amides is 2. The van der Waals surface area contributed by atoms with E-state index in [0.717, 1.165) is 25.7 Å². The summed E-state index contributed by atoms with van der Waals surface area (Å²) in [6, 6.07) is 3.84. The van der Waals surface area contributed by atoms with Gasteiger partial charge in [0, 0.05) is 31.6 Å². The number of alkyl halides is 2. The molecule has 11 heteroatoms. The molecule has 1 spiro atoms. The summed E-state index contributed by atoms with van der Waals surface area (Å²) in [5.41, 5.74) is 6.59. The summed E-state index contributed by atoms with van der Waals surface area (Å²) >= 11 is 0. The highest BCUT2D eigenvalue weighted by Gasteiger charge is 2.42. The Morgan fingerprint density at radius 1 is 1.31 bits per heavy atom. The van der Waals surface area contributed by atoms with E-state index in [0.29, 0.717) is 44.1 Å². The fourth-order valence-electron chi connectivity index (χ4n) is 4.80. The van der Waals surface area contributed by atoms with E-state index in [1.54, 1.807) is 11.8 Å². The zero-order valence-electron chi connectivity index (χ0n) is 20.1. The van der Waals surface area contributed by atoms with Crippen LogP contribution < -0.4 is 20.5 Å². The lowest BCUT2D eigenvalue weighted by Gasteiger charge is -2.38. The van der Waals surface area contributed by atoms with Crippen LogP contribution in [0.4, 0.5) is 8.78 Å². The van der Waals surface area contributed by atoms with Gasteiger partial charge in [-0.25, -0.2) is 4.98 Å². The fraction of sp³-hybridized carbons (Fsp3) is 0.560. The van der Waals surface area contributed by atoms with Crippen molar-refractivity contribution in [2.75, 3.05) is 26.2 Å². The van der Waals surface area contributed by atoms with Crippen LogP contribution in [0.15, 0.2) is 22.6 Å². The second-order valence-corrected chi connectivity index (χ2v) is 10.1. The molecule has 2 saturated heterocycles. The normalized spacial score (nSPS) is 20.0. The molecule has 1 saturated carbocycles. The average molecular weight is 505 g/mol. The molecule has 0 radical (unpaired) electrons. The van der Waals surface area contributed by atoms with E-state index >= 15 is 0 Å². The topological polar surface area (TPSA) is 120 Å². The first-order chi connectivity index (χ1) is 17.2. The van der Waals surface area contributed by atoms with Gasteiger partial charge in [-0.1, -0.05) is 0 Å². The van der Waals surface area contributed by atoms with Gasteiger partial charge in [-0.15, -0.1) is 0 Å². The number of halogens is 2. The predicted octanol–water partition coefficient (Wildman–Crippen LogP) is 3.49. The highest BCUT2D eigenvalue weighted by atomic mass is 19.3. The molecule has 3 heterocycles. The van der Waals surface area contributed by atoms with Gasteiger partial charge in [0.15, 0.2) is 23.0 Å². The van der Waals surface area contributed by atoms with Crippen molar-refractivity contribution in [3.63, 3.8) is 0 Å². The SMILES string of the molecule is C[C@H](N)c1oc(-c2ccc(OC(F)F)c(OCC3CC3)c2)nc1C(=O)N1CCC2(CC1)CNC(=O)C2. The molecule has 3 fully saturated rings. The summed E-state index contributed by atoms with van der Waals surface area (Å²) in [6.45, 7) is 0.771. The molecule has 5 rings (SSSR count). The minimum absolute atomic E-state index is 0.0561. The summed E-state index contributed by atoms with van der Waals surface area (Å²) < 4.78 is 42.0. The Balaban J connectivity index is 1.37. The highest BCUT2D eigenvalue weighted by Crippen LogP contribution is 2.39. The van der Waals surface area contributed by atoms with Gasteiger partial charge in [0.2, 0.25) is 11.8 Å². The van der Waals surface area contributed by atoms with Crippen molar-refractivity contribution in [2.45, 2.75) is 51.7 Å². The molecule has 1 aromatic heterocycles. The molecular weight excluding hydrogens is 474 g/mol. The number of carbonyl (C=O) groups is 2. The number of nitrogens with two attached hydrogens (primary N) is 1. The Morgan fingerprint density at radius 3 is 2.67 bits per heavy atom. The predicted molar refractivity (Wildman–Crippen MR) is 125 cm³/mol. The molecule has 2 aromatic rings. The highest BCUT2D eigenvalue weighted by molar-refractivity contribution is 5.94. The van der Waals surface area contributed by atoms with Gasteiger partial charge >= 0.3 is 6.61 Å². The number of hydrogen-bond acceptors (Lipinski definition) is 7. The van der Waals surface area contributed by atoms with E-state index in [4.69, 9.17) is 14.9 Å². The van der Waals surface area contributed by atoms with E-state index in [1.165, 1.54) is 18.2 Å². The standard InChI is InChI=1S/C25H30F2N4O5/c1-14(28)21-20(23(33)31-8-6-25(7-9-31)11-19(32)29-13-25)30-22(36-21)16-4-5-17(35-24(26)27)18(10-16)34-12-15-2-3-15/h4-5,10,14-15,24H,2-3,6-9,11-13,28H2,1H3,(H,29,32)/t14-/m0/s1. The third kappa shape index (κ3) is 5.16. The maximum Gasteiger partial charge on any atom is 0.387 e.